The lowest BCUT2D eigenvalue weighted by molar-refractivity contribution is -0.141. The molecule has 92 valence electrons. The summed E-state index contributed by atoms with van der Waals surface area (Å²) in [4.78, 5) is 23.9. The highest BCUT2D eigenvalue weighted by Gasteiger charge is 2.36. The average Bonchev–Trinajstić information content (AvgIpc) is 2.83. The number of amides is 1. The number of carbonyl (C=O) groups is 2. The van der Waals surface area contributed by atoms with E-state index in [1.165, 1.54) is 16.2 Å². The fraction of sp³-hybridized carbons (Fsp3) is 0.600. The van der Waals surface area contributed by atoms with Crippen molar-refractivity contribution in [2.75, 3.05) is 11.4 Å². The molecule has 0 bridgehead atoms. The van der Waals surface area contributed by atoms with Crippen LogP contribution in [-0.2, 0) is 9.59 Å². The van der Waals surface area contributed by atoms with Gasteiger partial charge in [0.25, 0.3) is 0 Å². The van der Waals surface area contributed by atoms with Gasteiger partial charge < -0.3 is 5.11 Å². The molecule has 1 aromatic rings. The van der Waals surface area contributed by atoms with Crippen molar-refractivity contribution >= 4 is 28.3 Å². The largest absolute Gasteiger partial charge is 0.481 e. The maximum absolute atomic E-state index is 11.7. The van der Waals surface area contributed by atoms with Crippen molar-refractivity contribution in [3.05, 3.63) is 5.01 Å². The average molecular weight is 255 g/mol. The summed E-state index contributed by atoms with van der Waals surface area (Å²) >= 11 is 1.35. The lowest BCUT2D eigenvalue weighted by atomic mass is 10.1. The molecule has 0 spiro atoms. The van der Waals surface area contributed by atoms with E-state index in [0.717, 1.165) is 5.01 Å². The predicted molar refractivity (Wildman–Crippen MR) is 62.1 cm³/mol. The van der Waals surface area contributed by atoms with Gasteiger partial charge in [-0.2, -0.15) is 0 Å². The van der Waals surface area contributed by atoms with Crippen molar-refractivity contribution in [3.8, 4) is 0 Å². The molecule has 0 aromatic carbocycles. The zero-order chi connectivity index (χ0) is 12.6. The van der Waals surface area contributed by atoms with E-state index in [1.54, 1.807) is 0 Å². The third-order valence-electron chi connectivity index (χ3n) is 2.63. The summed E-state index contributed by atoms with van der Waals surface area (Å²) in [7, 11) is 0. The molecule has 1 fully saturated rings. The van der Waals surface area contributed by atoms with Gasteiger partial charge in [-0.1, -0.05) is 25.2 Å². The number of carbonyl (C=O) groups excluding carboxylic acids is 1. The molecule has 1 amide bonds. The van der Waals surface area contributed by atoms with Crippen molar-refractivity contribution < 1.29 is 14.7 Å². The molecule has 6 nitrogen and oxygen atoms in total. The van der Waals surface area contributed by atoms with Crippen LogP contribution in [0.15, 0.2) is 0 Å². The topological polar surface area (TPSA) is 83.4 Å². The normalized spacial score (nSPS) is 20.3. The Morgan fingerprint density at radius 1 is 1.53 bits per heavy atom. The molecule has 1 unspecified atom stereocenters. The molecule has 1 saturated heterocycles. The number of hydrogen-bond acceptors (Lipinski definition) is 5. The molecule has 7 heteroatoms. The monoisotopic (exact) mass is 255 g/mol. The lowest BCUT2D eigenvalue weighted by Crippen LogP contribution is -2.25. The van der Waals surface area contributed by atoms with Crippen molar-refractivity contribution in [3.63, 3.8) is 0 Å². The van der Waals surface area contributed by atoms with Gasteiger partial charge in [-0.05, 0) is 0 Å². The number of anilines is 1. The maximum atomic E-state index is 11.7. The van der Waals surface area contributed by atoms with Gasteiger partial charge in [-0.25, -0.2) is 0 Å². The zero-order valence-corrected chi connectivity index (χ0v) is 10.4. The summed E-state index contributed by atoms with van der Waals surface area (Å²) in [5.74, 6) is -1.50. The molecular weight excluding hydrogens is 242 g/mol. The summed E-state index contributed by atoms with van der Waals surface area (Å²) in [6.45, 7) is 4.19. The lowest BCUT2D eigenvalue weighted by Gasteiger charge is -2.10. The van der Waals surface area contributed by atoms with Gasteiger partial charge in [-0.15, -0.1) is 10.2 Å². The first-order valence-corrected chi connectivity index (χ1v) is 6.17. The number of aromatic nitrogens is 2. The number of hydrogen-bond donors (Lipinski definition) is 1. The minimum Gasteiger partial charge on any atom is -0.481 e. The highest BCUT2D eigenvalue weighted by molar-refractivity contribution is 7.15. The second-order valence-corrected chi connectivity index (χ2v) is 5.31. The van der Waals surface area contributed by atoms with E-state index >= 15 is 0 Å². The van der Waals surface area contributed by atoms with Gasteiger partial charge in [0.1, 0.15) is 5.01 Å². The number of carboxylic acid groups (broad SMARTS) is 1. The van der Waals surface area contributed by atoms with Crippen molar-refractivity contribution in [2.45, 2.75) is 26.2 Å². The molecule has 1 aliphatic rings. The van der Waals surface area contributed by atoms with Crippen LogP contribution in [0, 0.1) is 5.92 Å². The van der Waals surface area contributed by atoms with Crippen LogP contribution in [0.25, 0.3) is 0 Å². The molecule has 17 heavy (non-hydrogen) atoms. The van der Waals surface area contributed by atoms with Crippen LogP contribution in [0.5, 0.6) is 0 Å². The third-order valence-corrected chi connectivity index (χ3v) is 3.88. The summed E-state index contributed by atoms with van der Waals surface area (Å²) in [6, 6.07) is 0. The first kappa shape index (κ1) is 12.0. The first-order valence-electron chi connectivity index (χ1n) is 5.35. The molecular formula is C10H13N3O3S. The maximum Gasteiger partial charge on any atom is 0.308 e. The number of carboxylic acids is 1. The Balaban J connectivity index is 2.17. The number of nitrogens with zero attached hydrogens (tertiary/aromatic N) is 3. The van der Waals surface area contributed by atoms with Crippen LogP contribution in [0.1, 0.15) is 31.2 Å². The fourth-order valence-corrected chi connectivity index (χ4v) is 2.50. The summed E-state index contributed by atoms with van der Waals surface area (Å²) in [6.07, 6.45) is 0.0475. The molecule has 2 rings (SSSR count). The molecule has 1 atom stereocenters. The van der Waals surface area contributed by atoms with E-state index in [-0.39, 0.29) is 24.8 Å². The van der Waals surface area contributed by atoms with Crippen molar-refractivity contribution in [1.29, 1.82) is 0 Å². The predicted octanol–water partition coefficient (Wildman–Crippen LogP) is 1.10. The van der Waals surface area contributed by atoms with E-state index < -0.39 is 11.9 Å². The van der Waals surface area contributed by atoms with Crippen molar-refractivity contribution in [2.24, 2.45) is 5.92 Å². The van der Waals surface area contributed by atoms with Crippen molar-refractivity contribution in [1.82, 2.24) is 10.2 Å². The number of aliphatic carboxylic acids is 1. The molecule has 0 aliphatic carbocycles. The molecule has 0 radical (unpaired) electrons. The van der Waals surface area contributed by atoms with Crippen LogP contribution in [0.3, 0.4) is 0 Å². The van der Waals surface area contributed by atoms with E-state index in [4.69, 9.17) is 5.11 Å². The Kier molecular flexibility index (Phi) is 3.10. The Bertz CT molecular complexity index is 457. The minimum absolute atomic E-state index is 0.0475. The molecule has 1 N–H and O–H groups in total. The fourth-order valence-electron chi connectivity index (χ4n) is 1.63. The van der Waals surface area contributed by atoms with Crippen LogP contribution in [0.4, 0.5) is 5.13 Å². The van der Waals surface area contributed by atoms with Crippen LogP contribution < -0.4 is 4.90 Å². The Labute approximate surface area is 102 Å². The van der Waals surface area contributed by atoms with E-state index in [9.17, 15) is 9.59 Å². The molecule has 1 aromatic heterocycles. The van der Waals surface area contributed by atoms with E-state index in [2.05, 4.69) is 10.2 Å². The highest BCUT2D eigenvalue weighted by Crippen LogP contribution is 2.30. The van der Waals surface area contributed by atoms with Gasteiger partial charge in [0.15, 0.2) is 0 Å². The summed E-state index contributed by atoms with van der Waals surface area (Å²) in [5, 5.41) is 18.2. The zero-order valence-electron chi connectivity index (χ0n) is 9.58. The van der Waals surface area contributed by atoms with E-state index in [1.807, 2.05) is 13.8 Å². The van der Waals surface area contributed by atoms with E-state index in [0.29, 0.717) is 5.13 Å². The highest BCUT2D eigenvalue weighted by atomic mass is 32.1. The van der Waals surface area contributed by atoms with Gasteiger partial charge in [0.05, 0.1) is 5.92 Å². The second-order valence-electron chi connectivity index (χ2n) is 4.32. The summed E-state index contributed by atoms with van der Waals surface area (Å²) in [5.41, 5.74) is 0. The standard InChI is InChI=1S/C10H13N3O3S/c1-5(2)8-11-12-10(17-8)13-4-6(9(15)16)3-7(13)14/h5-6H,3-4H2,1-2H3,(H,15,16). The second kappa shape index (κ2) is 4.40. The van der Waals surface area contributed by atoms with Gasteiger partial charge in [0, 0.05) is 18.9 Å². The van der Waals surface area contributed by atoms with Crippen LogP contribution >= 0.6 is 11.3 Å². The Morgan fingerprint density at radius 3 is 2.71 bits per heavy atom. The molecule has 0 saturated carbocycles. The summed E-state index contributed by atoms with van der Waals surface area (Å²) < 4.78 is 0. The minimum atomic E-state index is -0.936. The Morgan fingerprint density at radius 2 is 2.24 bits per heavy atom. The number of rotatable bonds is 3. The molecule has 1 aliphatic heterocycles. The quantitative estimate of drug-likeness (QED) is 0.874. The van der Waals surface area contributed by atoms with Crippen LogP contribution in [-0.4, -0.2) is 33.7 Å². The Hall–Kier alpha value is -1.50. The van der Waals surface area contributed by atoms with Gasteiger partial charge in [-0.3, -0.25) is 14.5 Å². The smallest absolute Gasteiger partial charge is 0.308 e. The third kappa shape index (κ3) is 2.28. The molecule has 2 heterocycles. The first-order chi connectivity index (χ1) is 7.99. The van der Waals surface area contributed by atoms with Gasteiger partial charge in [0.2, 0.25) is 11.0 Å². The van der Waals surface area contributed by atoms with Gasteiger partial charge >= 0.3 is 5.97 Å². The SMILES string of the molecule is CC(C)c1nnc(N2CC(C(=O)O)CC2=O)s1. The van der Waals surface area contributed by atoms with Crippen LogP contribution in [0.2, 0.25) is 0 Å².